The van der Waals surface area contributed by atoms with Crippen molar-refractivity contribution in [3.63, 3.8) is 0 Å². The van der Waals surface area contributed by atoms with Crippen molar-refractivity contribution in [2.45, 2.75) is 76.8 Å². The van der Waals surface area contributed by atoms with Crippen molar-refractivity contribution in [2.24, 2.45) is 5.41 Å². The minimum atomic E-state index is -4.62. The molecule has 0 bridgehead atoms. The van der Waals surface area contributed by atoms with Crippen molar-refractivity contribution >= 4 is 67.9 Å². The second-order valence-electron chi connectivity index (χ2n) is 18.4. The Labute approximate surface area is 384 Å². The molecular weight excluding hydrogens is 880 g/mol. The maximum atomic E-state index is 13.9. The van der Waals surface area contributed by atoms with Gasteiger partial charge in [-0.1, -0.05) is 60.8 Å². The van der Waals surface area contributed by atoms with Crippen LogP contribution in [0.2, 0.25) is 10.0 Å². The van der Waals surface area contributed by atoms with Gasteiger partial charge in [-0.25, -0.2) is 17.9 Å². The number of hydrogen-bond donors (Lipinski definition) is 2. The van der Waals surface area contributed by atoms with E-state index in [1.165, 1.54) is 39.8 Å². The maximum Gasteiger partial charge on any atom is 0.410 e. The van der Waals surface area contributed by atoms with Crippen molar-refractivity contribution in [3.8, 4) is 11.5 Å². The molecule has 1 atom stereocenters. The zero-order valence-electron chi connectivity index (χ0n) is 36.7. The highest BCUT2D eigenvalue weighted by atomic mass is 35.5. The van der Waals surface area contributed by atoms with Crippen LogP contribution in [-0.4, -0.2) is 92.6 Å². The molecule has 4 aromatic carbocycles. The third-order valence-electron chi connectivity index (χ3n) is 11.7. The number of amides is 2. The van der Waals surface area contributed by atoms with Crippen LogP contribution >= 0.6 is 23.2 Å². The normalized spacial score (nSPS) is 18.1. The fourth-order valence-corrected chi connectivity index (χ4v) is 9.61. The molecule has 2 saturated heterocycles. The lowest BCUT2D eigenvalue weighted by Gasteiger charge is -2.39. The molecule has 3 aliphatic rings. The molecule has 340 valence electrons. The summed E-state index contributed by atoms with van der Waals surface area (Å²) in [5.41, 5.74) is 3.87. The van der Waals surface area contributed by atoms with Crippen molar-refractivity contribution < 1.29 is 32.4 Å². The van der Waals surface area contributed by atoms with E-state index < -0.39 is 43.1 Å². The van der Waals surface area contributed by atoms with Crippen LogP contribution < -0.4 is 19.7 Å². The summed E-state index contributed by atoms with van der Waals surface area (Å²) in [6, 6.07) is 22.7. The average molecular weight is 934 g/mol. The minimum absolute atomic E-state index is 0.0674. The molecule has 1 unspecified atom stereocenters. The van der Waals surface area contributed by atoms with Crippen molar-refractivity contribution in [1.29, 1.82) is 0 Å². The first-order chi connectivity index (χ1) is 30.2. The number of halogens is 2. The van der Waals surface area contributed by atoms with Crippen LogP contribution in [-0.2, 0) is 14.8 Å². The largest absolute Gasteiger partial charge is 0.456 e. The van der Waals surface area contributed by atoms with E-state index in [2.05, 4.69) is 45.8 Å². The summed E-state index contributed by atoms with van der Waals surface area (Å²) in [6.07, 6.45) is 3.16. The summed E-state index contributed by atoms with van der Waals surface area (Å²) in [4.78, 5) is 43.7. The Bertz CT molecular complexity index is 2550. The molecular formula is C47H54Cl2N6O8S. The molecule has 2 amide bonds. The standard InChI is InChI=1S/C47H54Cl2N6O8S/c1-46(2,3)63-45(57)54-20-18-35(30-54)50-41-16-14-38(27-42(41)55(58)59)64(60,61)51-44(56)39-15-13-36(26-43(39)62-37-8-6-7-34(49)25-37)53-23-21-52(22-24-53)29-32-17-19-47(4,5)28-40(32)31-9-11-33(48)12-10-31/h6-16,25-27,35,50H,17-24,28-30H2,1-5H3,(H,51,56). The average Bonchev–Trinajstić information content (AvgIpc) is 3.70. The van der Waals surface area contributed by atoms with E-state index in [1.807, 2.05) is 12.1 Å². The predicted octanol–water partition coefficient (Wildman–Crippen LogP) is 10.0. The highest BCUT2D eigenvalue weighted by Gasteiger charge is 2.33. The molecule has 1 aliphatic carbocycles. The fourth-order valence-electron chi connectivity index (χ4n) is 8.31. The number of anilines is 2. The Hall–Kier alpha value is -5.35. The van der Waals surface area contributed by atoms with Crippen LogP contribution in [0.5, 0.6) is 11.5 Å². The number of nitro groups is 1. The summed E-state index contributed by atoms with van der Waals surface area (Å²) in [5.74, 6) is -0.561. The molecule has 64 heavy (non-hydrogen) atoms. The molecule has 0 spiro atoms. The Morgan fingerprint density at radius 2 is 1.66 bits per heavy atom. The Morgan fingerprint density at radius 3 is 2.34 bits per heavy atom. The number of hydrogen-bond acceptors (Lipinski definition) is 11. The highest BCUT2D eigenvalue weighted by Crippen LogP contribution is 2.43. The van der Waals surface area contributed by atoms with Crippen LogP contribution in [0.3, 0.4) is 0 Å². The van der Waals surface area contributed by atoms with Gasteiger partial charge in [-0.3, -0.25) is 19.8 Å². The van der Waals surface area contributed by atoms with Crippen LogP contribution in [0.15, 0.2) is 95.4 Å². The van der Waals surface area contributed by atoms with Gasteiger partial charge in [0.15, 0.2) is 0 Å². The quantitative estimate of drug-likeness (QED) is 0.103. The molecule has 2 aliphatic heterocycles. The summed E-state index contributed by atoms with van der Waals surface area (Å²) >= 11 is 12.5. The highest BCUT2D eigenvalue weighted by molar-refractivity contribution is 7.90. The topological polar surface area (TPSA) is 164 Å². The summed E-state index contributed by atoms with van der Waals surface area (Å²) in [5, 5.41) is 16.4. The Balaban J connectivity index is 1.06. The number of allylic oxidation sites excluding steroid dienone is 1. The lowest BCUT2D eigenvalue weighted by atomic mass is 9.72. The summed E-state index contributed by atoms with van der Waals surface area (Å²) in [6.45, 7) is 14.4. The molecule has 2 N–H and O–H groups in total. The maximum absolute atomic E-state index is 13.9. The second-order valence-corrected chi connectivity index (χ2v) is 20.9. The van der Waals surface area contributed by atoms with Gasteiger partial charge in [0.05, 0.1) is 15.4 Å². The molecule has 0 radical (unpaired) electrons. The van der Waals surface area contributed by atoms with E-state index in [0.29, 0.717) is 36.8 Å². The number of carbonyl (C=O) groups is 2. The molecule has 4 aromatic rings. The van der Waals surface area contributed by atoms with Crippen molar-refractivity contribution in [3.05, 3.63) is 122 Å². The Kier molecular flexibility index (Phi) is 13.9. The SMILES string of the molecule is CC1(C)CCC(CN2CCN(c3ccc(C(=O)NS(=O)(=O)c4ccc(NC5CCN(C(=O)OC(C)(C)C)C5)c([N+](=O)[O-])c4)c(Oc4cccc(Cl)c4)c3)CC2)=C(c2ccc(Cl)cc2)C1. The summed E-state index contributed by atoms with van der Waals surface area (Å²) in [7, 11) is -4.62. The molecule has 14 nitrogen and oxygen atoms in total. The summed E-state index contributed by atoms with van der Waals surface area (Å²) < 4.78 is 41.2. The monoisotopic (exact) mass is 932 g/mol. The van der Waals surface area contributed by atoms with Crippen molar-refractivity contribution in [1.82, 2.24) is 14.5 Å². The Morgan fingerprint density at radius 1 is 0.922 bits per heavy atom. The van der Waals surface area contributed by atoms with E-state index in [1.54, 1.807) is 57.2 Å². The van der Waals surface area contributed by atoms with Crippen molar-refractivity contribution in [2.75, 3.05) is 56.0 Å². The van der Waals surface area contributed by atoms with Crippen LogP contribution in [0.4, 0.5) is 21.9 Å². The molecule has 0 saturated carbocycles. The molecule has 2 heterocycles. The molecule has 0 aromatic heterocycles. The number of sulfonamides is 1. The number of nitro benzene ring substituents is 1. The zero-order chi connectivity index (χ0) is 46.0. The molecule has 17 heteroatoms. The van der Waals surface area contributed by atoms with Gasteiger partial charge in [0, 0.05) is 79.7 Å². The molecule has 2 fully saturated rings. The van der Waals surface area contributed by atoms with Gasteiger partial charge >= 0.3 is 6.09 Å². The molecule has 7 rings (SSSR count). The van der Waals surface area contributed by atoms with Gasteiger partial charge in [-0.2, -0.15) is 0 Å². The first-order valence-corrected chi connectivity index (χ1v) is 23.6. The lowest BCUT2D eigenvalue weighted by molar-refractivity contribution is -0.384. The van der Waals surface area contributed by atoms with E-state index in [9.17, 15) is 28.1 Å². The number of piperazine rings is 1. The van der Waals surface area contributed by atoms with Gasteiger partial charge in [0.2, 0.25) is 0 Å². The zero-order valence-corrected chi connectivity index (χ0v) is 39.0. The van der Waals surface area contributed by atoms with E-state index >= 15 is 0 Å². The van der Waals surface area contributed by atoms with E-state index in [-0.39, 0.29) is 35.0 Å². The van der Waals surface area contributed by atoms with Gasteiger partial charge in [0.25, 0.3) is 21.6 Å². The smallest absolute Gasteiger partial charge is 0.410 e. The van der Waals surface area contributed by atoms with E-state index in [4.69, 9.17) is 32.7 Å². The van der Waals surface area contributed by atoms with Gasteiger partial charge in [-0.15, -0.1) is 0 Å². The number of likely N-dealkylation sites (tertiary alicyclic amines) is 1. The van der Waals surface area contributed by atoms with Crippen LogP contribution in [0.1, 0.15) is 76.2 Å². The predicted molar refractivity (Wildman–Crippen MR) is 250 cm³/mol. The van der Waals surface area contributed by atoms with Gasteiger partial charge < -0.3 is 24.6 Å². The number of carbonyl (C=O) groups excluding carboxylic acids is 2. The first kappa shape index (κ1) is 46.6. The number of ether oxygens (including phenoxy) is 2. The minimum Gasteiger partial charge on any atom is -0.456 e. The first-order valence-electron chi connectivity index (χ1n) is 21.3. The second kappa shape index (κ2) is 19.0. The van der Waals surface area contributed by atoms with Gasteiger partial charge in [0.1, 0.15) is 22.8 Å². The van der Waals surface area contributed by atoms with Crippen LogP contribution in [0, 0.1) is 15.5 Å². The van der Waals surface area contributed by atoms with E-state index in [0.717, 1.165) is 55.7 Å². The number of rotatable bonds is 12. The van der Waals surface area contributed by atoms with Crippen LogP contribution in [0.25, 0.3) is 5.57 Å². The number of nitrogens with one attached hydrogen (secondary N) is 2. The number of nitrogens with zero attached hydrogens (tertiary/aromatic N) is 4. The third-order valence-corrected chi connectivity index (χ3v) is 13.5. The fraction of sp³-hybridized carbons (Fsp3) is 0.404. The van der Waals surface area contributed by atoms with Gasteiger partial charge in [-0.05, 0) is 118 Å². The lowest BCUT2D eigenvalue weighted by Crippen LogP contribution is -2.47. The number of benzene rings is 4. The third kappa shape index (κ3) is 11.7.